The van der Waals surface area contributed by atoms with Crippen LogP contribution in [-0.2, 0) is 5.41 Å². The van der Waals surface area contributed by atoms with Crippen LogP contribution in [0.4, 0.5) is 0 Å². The lowest BCUT2D eigenvalue weighted by molar-refractivity contribution is 0.660. The molecule has 0 bridgehead atoms. The van der Waals surface area contributed by atoms with Crippen molar-refractivity contribution in [3.05, 3.63) is 393 Å². The molecule has 16 aromatic carbocycles. The van der Waals surface area contributed by atoms with Crippen molar-refractivity contribution in [2.45, 2.75) is 19.3 Å². The maximum Gasteiger partial charge on any atom is 0.235 e. The first-order valence-electron chi connectivity index (χ1n) is 40.0. The Morgan fingerprint density at radius 2 is 0.602 bits per heavy atom. The normalized spacial score (nSPS) is 12.4. The van der Waals surface area contributed by atoms with Crippen molar-refractivity contribution >= 4 is 109 Å². The number of para-hydroxylation sites is 4. The van der Waals surface area contributed by atoms with Gasteiger partial charge < -0.3 is 8.83 Å². The SMILES string of the molecule is CC1(C)c2ccccc2-c2cc(-c3nc(-c4ccccc4)cc(-c4ccc(-c5ccc6oc7c(ccc8c(-c9ccccc9)nc9ccccc9c87)c6c5)cc4)n3)ccc21.c1ccc(-c2cc(-c3ccc(-c4ccc5oc6c(ccc7c(-c8ccccc8)nc8ccccc8c76)c5c4)cc3)nc(-n3c4ccccc4c4ccccc43)n2)cc1. The summed E-state index contributed by atoms with van der Waals surface area (Å²) in [7, 11) is 0. The standard InChI is InChI=1S/C56H37N3O.C53H32N4O/c1-56(2)46-19-11-9-17-40(46)44-32-39(25-29-47(44)56)55-58-49(35-13-5-3-6-14-35)33-50(59-55)36-23-21-34(22-24-36)38-26-30-51-45(31-38)41-27-28-43-52(54(41)60-51)42-18-10-12-20-48(42)57-53(43)37-15-7-4-8-16-37;1-3-13-34(14-4-1)45-32-46(56-53(55-45)57-47-21-11-8-17-38(47)39-18-9-12-22-48(39)57)35-25-23-33(24-26-35)37-27-30-49-43(31-37)40-28-29-42-50(52(40)58-49)41-19-7-10-20-44(41)54-51(42)36-15-5-2-6-16-36/h3-33H,1-2H3;1-32H. The van der Waals surface area contributed by atoms with Crippen molar-refractivity contribution in [3.8, 4) is 118 Å². The highest BCUT2D eigenvalue weighted by molar-refractivity contribution is 6.27. The van der Waals surface area contributed by atoms with Crippen LogP contribution in [0, 0.1) is 0 Å². The molecule has 7 aromatic heterocycles. The zero-order valence-corrected chi connectivity index (χ0v) is 64.3. The van der Waals surface area contributed by atoms with Gasteiger partial charge in [-0.3, -0.25) is 4.57 Å². The van der Waals surface area contributed by atoms with Crippen LogP contribution in [0.3, 0.4) is 0 Å². The van der Waals surface area contributed by atoms with Crippen LogP contribution in [0.5, 0.6) is 0 Å². The Bertz CT molecular complexity index is 7940. The molecule has 0 unspecified atom stereocenters. The predicted molar refractivity (Wildman–Crippen MR) is 485 cm³/mol. The van der Waals surface area contributed by atoms with Crippen molar-refractivity contribution < 1.29 is 8.83 Å². The molecule has 0 spiro atoms. The van der Waals surface area contributed by atoms with Gasteiger partial charge in [0, 0.05) is 109 Å². The Morgan fingerprint density at radius 1 is 0.237 bits per heavy atom. The van der Waals surface area contributed by atoms with Crippen LogP contribution >= 0.6 is 0 Å². The molecule has 0 amide bonds. The summed E-state index contributed by atoms with van der Waals surface area (Å²) in [5.41, 5.74) is 29.9. The van der Waals surface area contributed by atoms with E-state index in [1.807, 2.05) is 36.4 Å². The molecular formula is C109H69N7O2. The lowest BCUT2D eigenvalue weighted by Crippen LogP contribution is -2.14. The second-order valence-electron chi connectivity index (χ2n) is 31.1. The van der Waals surface area contributed by atoms with E-state index >= 15 is 0 Å². The molecule has 552 valence electrons. The zero-order valence-electron chi connectivity index (χ0n) is 64.3. The molecule has 1 aliphatic carbocycles. The average molecular weight is 1510 g/mol. The van der Waals surface area contributed by atoms with Crippen molar-refractivity contribution in [2.24, 2.45) is 0 Å². The molecule has 0 aliphatic heterocycles. The molecule has 0 fully saturated rings. The molecule has 0 saturated carbocycles. The maximum absolute atomic E-state index is 6.74. The second-order valence-corrected chi connectivity index (χ2v) is 31.1. The largest absolute Gasteiger partial charge is 0.455 e. The second kappa shape index (κ2) is 27.3. The Morgan fingerprint density at radius 3 is 1.08 bits per heavy atom. The van der Waals surface area contributed by atoms with E-state index in [-0.39, 0.29) is 5.41 Å². The molecule has 0 saturated heterocycles. The number of benzene rings is 16. The first-order chi connectivity index (χ1) is 58.2. The summed E-state index contributed by atoms with van der Waals surface area (Å²) < 4.78 is 15.7. The summed E-state index contributed by atoms with van der Waals surface area (Å²) in [5, 5.41) is 13.2. The quantitative estimate of drug-likeness (QED) is 0.125. The van der Waals surface area contributed by atoms with E-state index in [2.05, 4.69) is 364 Å². The van der Waals surface area contributed by atoms with Crippen LogP contribution in [0.15, 0.2) is 391 Å². The van der Waals surface area contributed by atoms with E-state index in [1.165, 1.54) is 33.0 Å². The van der Waals surface area contributed by atoms with Gasteiger partial charge in [-0.25, -0.2) is 29.9 Å². The summed E-state index contributed by atoms with van der Waals surface area (Å²) in [6, 6.07) is 134. The zero-order chi connectivity index (χ0) is 78.1. The minimum atomic E-state index is -0.0626. The molecule has 7 heterocycles. The third-order valence-corrected chi connectivity index (χ3v) is 23.9. The van der Waals surface area contributed by atoms with Gasteiger partial charge in [-0.2, -0.15) is 0 Å². The fourth-order valence-electron chi connectivity index (χ4n) is 18.1. The molecule has 118 heavy (non-hydrogen) atoms. The van der Waals surface area contributed by atoms with Crippen molar-refractivity contribution in [1.82, 2.24) is 34.5 Å². The topological polar surface area (TPSA) is 109 Å². The third kappa shape index (κ3) is 11.3. The molecule has 0 radical (unpaired) electrons. The number of hydrogen-bond donors (Lipinski definition) is 0. The fourth-order valence-corrected chi connectivity index (χ4v) is 18.1. The summed E-state index contributed by atoms with van der Waals surface area (Å²) in [5.74, 6) is 1.35. The minimum absolute atomic E-state index is 0.0626. The third-order valence-electron chi connectivity index (χ3n) is 23.9. The number of rotatable bonds is 10. The highest BCUT2D eigenvalue weighted by atomic mass is 16.3. The van der Waals surface area contributed by atoms with Crippen molar-refractivity contribution in [1.29, 1.82) is 0 Å². The maximum atomic E-state index is 6.74. The number of furan rings is 2. The van der Waals surface area contributed by atoms with E-state index in [9.17, 15) is 0 Å². The van der Waals surface area contributed by atoms with Crippen molar-refractivity contribution in [3.63, 3.8) is 0 Å². The Balaban J connectivity index is 0.000000138. The lowest BCUT2D eigenvalue weighted by atomic mass is 9.82. The average Bonchev–Trinajstić information content (AvgIpc) is 1.56. The van der Waals surface area contributed by atoms with Gasteiger partial charge in [0.2, 0.25) is 5.95 Å². The minimum Gasteiger partial charge on any atom is -0.455 e. The number of aromatic nitrogens is 7. The van der Waals surface area contributed by atoms with Crippen molar-refractivity contribution in [2.75, 3.05) is 0 Å². The Labute approximate surface area is 678 Å². The molecule has 0 atom stereocenters. The smallest absolute Gasteiger partial charge is 0.235 e. The van der Waals surface area contributed by atoms with E-state index in [0.29, 0.717) is 11.8 Å². The summed E-state index contributed by atoms with van der Waals surface area (Å²) >= 11 is 0. The summed E-state index contributed by atoms with van der Waals surface area (Å²) in [4.78, 5) is 31.1. The molecule has 0 N–H and O–H groups in total. The van der Waals surface area contributed by atoms with Gasteiger partial charge in [0.1, 0.15) is 22.3 Å². The molecule has 9 heteroatoms. The van der Waals surface area contributed by atoms with Crippen LogP contribution in [0.25, 0.3) is 227 Å². The van der Waals surface area contributed by atoms with Gasteiger partial charge in [-0.15, -0.1) is 0 Å². The molecule has 24 rings (SSSR count). The van der Waals surface area contributed by atoms with Crippen LogP contribution in [0.2, 0.25) is 0 Å². The van der Waals surface area contributed by atoms with Gasteiger partial charge in [-0.05, 0) is 123 Å². The highest BCUT2D eigenvalue weighted by Gasteiger charge is 2.36. The van der Waals surface area contributed by atoms with E-state index in [0.717, 1.165) is 194 Å². The first kappa shape index (κ1) is 68.1. The number of fused-ring (bicyclic) bond motifs is 20. The number of pyridine rings is 2. The molecule has 23 aromatic rings. The van der Waals surface area contributed by atoms with E-state index < -0.39 is 0 Å². The van der Waals surface area contributed by atoms with Crippen LogP contribution < -0.4 is 0 Å². The van der Waals surface area contributed by atoms with E-state index in [4.69, 9.17) is 38.7 Å². The summed E-state index contributed by atoms with van der Waals surface area (Å²) in [6.07, 6.45) is 0. The number of hydrogen-bond acceptors (Lipinski definition) is 8. The Hall–Kier alpha value is -15.6. The van der Waals surface area contributed by atoms with Crippen LogP contribution in [0.1, 0.15) is 25.0 Å². The molecule has 1 aliphatic rings. The predicted octanol–water partition coefficient (Wildman–Crippen LogP) is 28.6. The van der Waals surface area contributed by atoms with Crippen LogP contribution in [-0.4, -0.2) is 34.5 Å². The van der Waals surface area contributed by atoms with Gasteiger partial charge in [0.15, 0.2) is 5.82 Å². The molecular weight excluding hydrogens is 1440 g/mol. The lowest BCUT2D eigenvalue weighted by Gasteiger charge is -2.21. The van der Waals surface area contributed by atoms with Gasteiger partial charge in [-0.1, -0.05) is 317 Å². The first-order valence-corrected chi connectivity index (χ1v) is 40.0. The van der Waals surface area contributed by atoms with E-state index in [1.54, 1.807) is 0 Å². The van der Waals surface area contributed by atoms with Gasteiger partial charge in [0.25, 0.3) is 0 Å². The number of nitrogens with zero attached hydrogens (tertiary/aromatic N) is 7. The highest BCUT2D eigenvalue weighted by Crippen LogP contribution is 2.51. The van der Waals surface area contributed by atoms with Gasteiger partial charge >= 0.3 is 0 Å². The fraction of sp³-hybridized carbons (Fsp3) is 0.0275. The van der Waals surface area contributed by atoms with Gasteiger partial charge in [0.05, 0.1) is 56.2 Å². The Kier molecular flexibility index (Phi) is 15.8. The summed E-state index contributed by atoms with van der Waals surface area (Å²) in [6.45, 7) is 4.62. The monoisotopic (exact) mass is 1510 g/mol. The molecule has 9 nitrogen and oxygen atoms in total.